The largest absolute Gasteiger partial charge is 0.357 e. The number of benzene rings is 1. The van der Waals surface area contributed by atoms with Gasteiger partial charge in [-0.3, -0.25) is 4.79 Å². The lowest BCUT2D eigenvalue weighted by Gasteiger charge is -1.96. The zero-order valence-corrected chi connectivity index (χ0v) is 9.06. The summed E-state index contributed by atoms with van der Waals surface area (Å²) in [5, 5.41) is 4.49. The second kappa shape index (κ2) is 2.93. The van der Waals surface area contributed by atoms with Crippen molar-refractivity contribution in [1.82, 2.24) is 9.79 Å². The van der Waals surface area contributed by atoms with Crippen LogP contribution in [0.15, 0.2) is 44.3 Å². The molecule has 0 aliphatic carbocycles. The van der Waals surface area contributed by atoms with Crippen LogP contribution in [0, 0.1) is 0 Å². The van der Waals surface area contributed by atoms with Crippen molar-refractivity contribution in [3.05, 3.63) is 45.2 Å². The third-order valence-corrected chi connectivity index (χ3v) is 2.81. The Hall–Kier alpha value is -1.62. The van der Waals surface area contributed by atoms with E-state index in [2.05, 4.69) is 21.0 Å². The fourth-order valence-corrected chi connectivity index (χ4v) is 1.96. The molecule has 4 nitrogen and oxygen atoms in total. The molecule has 0 aliphatic heterocycles. The maximum Gasteiger partial charge on any atom is 0.219 e. The molecule has 0 spiro atoms. The molecule has 3 aromatic rings. The van der Waals surface area contributed by atoms with Crippen molar-refractivity contribution in [2.75, 3.05) is 0 Å². The molecule has 0 atom stereocenters. The third-order valence-electron chi connectivity index (χ3n) is 2.23. The average molecular weight is 265 g/mol. The first kappa shape index (κ1) is 8.67. The number of fused-ring (bicyclic) bond motifs is 2. The zero-order valence-electron chi connectivity index (χ0n) is 7.48. The first-order valence-corrected chi connectivity index (χ1v) is 5.12. The van der Waals surface area contributed by atoms with Crippen LogP contribution in [0.5, 0.6) is 0 Å². The second-order valence-corrected chi connectivity index (χ2v) is 3.98. The summed E-state index contributed by atoms with van der Waals surface area (Å²) in [6.07, 6.45) is 1.54. The van der Waals surface area contributed by atoms with Gasteiger partial charge in [0.2, 0.25) is 5.43 Å². The van der Waals surface area contributed by atoms with Crippen LogP contribution in [-0.2, 0) is 0 Å². The number of rotatable bonds is 0. The van der Waals surface area contributed by atoms with Gasteiger partial charge in [-0.1, -0.05) is 16.8 Å². The van der Waals surface area contributed by atoms with Gasteiger partial charge >= 0.3 is 0 Å². The van der Waals surface area contributed by atoms with Gasteiger partial charge in [-0.05, 0) is 28.1 Å². The molecule has 3 rings (SSSR count). The lowest BCUT2D eigenvalue weighted by molar-refractivity contribution is 0.357. The van der Waals surface area contributed by atoms with Crippen LogP contribution in [0.4, 0.5) is 0 Å². The maximum atomic E-state index is 12.0. The van der Waals surface area contributed by atoms with Crippen molar-refractivity contribution in [3.63, 3.8) is 0 Å². The third kappa shape index (κ3) is 1.13. The molecular weight excluding hydrogens is 260 g/mol. The summed E-state index contributed by atoms with van der Waals surface area (Å²) in [6.45, 7) is 0. The Labute approximate surface area is 92.2 Å². The average Bonchev–Trinajstić information content (AvgIpc) is 2.61. The highest BCUT2D eigenvalue weighted by Gasteiger charge is 2.10. The Kier molecular flexibility index (Phi) is 1.70. The minimum Gasteiger partial charge on any atom is -0.357 e. The normalized spacial score (nSPS) is 11.3. The highest BCUT2D eigenvalue weighted by Crippen LogP contribution is 2.17. The van der Waals surface area contributed by atoms with Crippen molar-refractivity contribution in [2.45, 2.75) is 0 Å². The fourth-order valence-electron chi connectivity index (χ4n) is 1.53. The smallest absolute Gasteiger partial charge is 0.219 e. The van der Waals surface area contributed by atoms with E-state index >= 15 is 0 Å². The molecule has 0 saturated carbocycles. The van der Waals surface area contributed by atoms with E-state index < -0.39 is 0 Å². The summed E-state index contributed by atoms with van der Waals surface area (Å²) in [5.74, 6) is 0. The van der Waals surface area contributed by atoms with Gasteiger partial charge in [0.05, 0.1) is 16.1 Å². The molecular formula is C10H5BrN2O2. The quantitative estimate of drug-likeness (QED) is 0.626. The monoisotopic (exact) mass is 264 g/mol. The van der Waals surface area contributed by atoms with Crippen LogP contribution < -0.4 is 5.43 Å². The molecule has 0 saturated heterocycles. The zero-order chi connectivity index (χ0) is 10.4. The Morgan fingerprint density at radius 1 is 1.33 bits per heavy atom. The molecule has 0 N–H and O–H groups in total. The van der Waals surface area contributed by atoms with Gasteiger partial charge in [-0.2, -0.15) is 0 Å². The molecule has 74 valence electrons. The standard InChI is InChI=1S/C10H5BrN2O2/c11-7-5-12-13-9(7)10(14)6-3-1-2-4-8(6)15-13/h1-5H. The Bertz CT molecular complexity index is 714. The molecule has 1 aromatic carbocycles. The van der Waals surface area contributed by atoms with Crippen LogP contribution in [-0.4, -0.2) is 9.79 Å². The van der Waals surface area contributed by atoms with Crippen LogP contribution in [0.2, 0.25) is 0 Å². The molecule has 0 fully saturated rings. The molecule has 15 heavy (non-hydrogen) atoms. The number of nitrogens with zero attached hydrogens (tertiary/aromatic N) is 2. The molecule has 0 unspecified atom stereocenters. The van der Waals surface area contributed by atoms with Crippen LogP contribution in [0.25, 0.3) is 16.5 Å². The van der Waals surface area contributed by atoms with Crippen molar-refractivity contribution < 1.29 is 4.52 Å². The van der Waals surface area contributed by atoms with Gasteiger partial charge in [0, 0.05) is 0 Å². The summed E-state index contributed by atoms with van der Waals surface area (Å²) in [7, 11) is 0. The van der Waals surface area contributed by atoms with Crippen LogP contribution in [0.3, 0.4) is 0 Å². The van der Waals surface area contributed by atoms with Crippen molar-refractivity contribution >= 4 is 32.4 Å². The van der Waals surface area contributed by atoms with E-state index in [1.807, 2.05) is 6.07 Å². The lowest BCUT2D eigenvalue weighted by atomic mass is 10.2. The lowest BCUT2D eigenvalue weighted by Crippen LogP contribution is -2.06. The Morgan fingerprint density at radius 2 is 2.13 bits per heavy atom. The van der Waals surface area contributed by atoms with Crippen LogP contribution in [0.1, 0.15) is 0 Å². The van der Waals surface area contributed by atoms with E-state index in [9.17, 15) is 4.79 Å². The van der Waals surface area contributed by atoms with Crippen molar-refractivity contribution in [1.29, 1.82) is 0 Å². The molecule has 0 bridgehead atoms. The predicted molar refractivity (Wildman–Crippen MR) is 58.9 cm³/mol. The number of aromatic nitrogens is 2. The molecule has 2 heterocycles. The van der Waals surface area contributed by atoms with Gasteiger partial charge in [-0.25, -0.2) is 0 Å². The number of hydrogen-bond donors (Lipinski definition) is 0. The second-order valence-electron chi connectivity index (χ2n) is 3.13. The first-order valence-electron chi connectivity index (χ1n) is 4.33. The summed E-state index contributed by atoms with van der Waals surface area (Å²) >= 11 is 3.26. The van der Waals surface area contributed by atoms with Gasteiger partial charge in [0.25, 0.3) is 0 Å². The van der Waals surface area contributed by atoms with Crippen LogP contribution >= 0.6 is 15.9 Å². The van der Waals surface area contributed by atoms with Gasteiger partial charge in [-0.15, -0.1) is 5.10 Å². The summed E-state index contributed by atoms with van der Waals surface area (Å²) in [6, 6.07) is 7.10. The molecule has 5 heteroatoms. The molecule has 0 amide bonds. The SMILES string of the molecule is O=c1c2ccccc2on2ncc(Br)c12. The predicted octanol–water partition coefficient (Wildman–Crippen LogP) is 2.20. The van der Waals surface area contributed by atoms with Gasteiger partial charge < -0.3 is 4.52 Å². The summed E-state index contributed by atoms with van der Waals surface area (Å²) < 4.78 is 7.30. The molecule has 2 aromatic heterocycles. The molecule has 0 aliphatic rings. The number of hydrogen-bond acceptors (Lipinski definition) is 3. The highest BCUT2D eigenvalue weighted by molar-refractivity contribution is 9.10. The van der Waals surface area contributed by atoms with E-state index in [0.29, 0.717) is 21.0 Å². The highest BCUT2D eigenvalue weighted by atomic mass is 79.9. The Balaban J connectivity index is 2.69. The summed E-state index contributed by atoms with van der Waals surface area (Å²) in [5.41, 5.74) is 0.875. The molecule has 0 radical (unpaired) electrons. The number of para-hydroxylation sites is 1. The maximum absolute atomic E-state index is 12.0. The van der Waals surface area contributed by atoms with Crippen molar-refractivity contribution in [3.8, 4) is 0 Å². The van der Waals surface area contributed by atoms with E-state index in [0.717, 1.165) is 0 Å². The van der Waals surface area contributed by atoms with E-state index in [1.165, 1.54) is 4.69 Å². The topological polar surface area (TPSA) is 47.5 Å². The number of halogens is 1. The summed E-state index contributed by atoms with van der Waals surface area (Å²) in [4.78, 5) is 12.0. The minimum absolute atomic E-state index is 0.0822. The van der Waals surface area contributed by atoms with Gasteiger partial charge in [0.15, 0.2) is 11.1 Å². The van der Waals surface area contributed by atoms with E-state index in [-0.39, 0.29) is 5.43 Å². The Morgan fingerprint density at radius 3 is 3.00 bits per heavy atom. The van der Waals surface area contributed by atoms with Gasteiger partial charge in [0.1, 0.15) is 0 Å². The first-order chi connectivity index (χ1) is 7.27. The fraction of sp³-hybridized carbons (Fsp3) is 0. The van der Waals surface area contributed by atoms with E-state index in [4.69, 9.17) is 4.52 Å². The minimum atomic E-state index is -0.0822. The van der Waals surface area contributed by atoms with E-state index in [1.54, 1.807) is 24.4 Å². The van der Waals surface area contributed by atoms with Crippen molar-refractivity contribution in [2.24, 2.45) is 0 Å².